The Morgan fingerprint density at radius 2 is 1.61 bits per heavy atom. The first-order chi connectivity index (χ1) is 16.1. The smallest absolute Gasteiger partial charge is 0.347 e. The van der Waals surface area contributed by atoms with Gasteiger partial charge in [0.15, 0.2) is 0 Å². The fourth-order valence-electron chi connectivity index (χ4n) is 3.01. The van der Waals surface area contributed by atoms with Crippen LogP contribution in [0.4, 0.5) is 0 Å². The minimum Gasteiger partial charge on any atom is -0.490 e. The molecule has 172 valence electrons. The summed E-state index contributed by atoms with van der Waals surface area (Å²) >= 11 is 3.36. The number of carbonyl (C=O) groups is 2. The van der Waals surface area contributed by atoms with Crippen molar-refractivity contribution in [1.82, 2.24) is 0 Å². The monoisotopic (exact) mass is 512 g/mol. The minimum absolute atomic E-state index is 0.280. The Labute approximate surface area is 201 Å². The molecule has 3 aromatic carbocycles. The number of aryl methyl sites for hydroxylation is 1. The van der Waals surface area contributed by atoms with Crippen molar-refractivity contribution >= 4 is 27.9 Å². The lowest BCUT2D eigenvalue weighted by atomic mass is 10.1. The van der Waals surface area contributed by atoms with E-state index in [9.17, 15) is 9.59 Å². The maximum Gasteiger partial charge on any atom is 0.347 e. The van der Waals surface area contributed by atoms with Gasteiger partial charge < -0.3 is 18.9 Å². The van der Waals surface area contributed by atoms with Crippen molar-refractivity contribution in [2.45, 2.75) is 12.8 Å². The standard InChI is InChI=1S/C26H25BrO6/c1-30-16-17-31-24-14-11-21(27)18-23(24)26(29)33-22-12-9-20(10-13-22)25(28)32-15-5-8-19-6-3-2-4-7-19/h2-4,6-7,9-14,18H,5,8,15-17H2,1H3. The predicted octanol–water partition coefficient (Wildman–Crippen LogP) is 5.48. The van der Waals surface area contributed by atoms with E-state index in [-0.39, 0.29) is 5.56 Å². The average molecular weight is 513 g/mol. The van der Waals surface area contributed by atoms with Gasteiger partial charge in [-0.3, -0.25) is 0 Å². The zero-order valence-electron chi connectivity index (χ0n) is 18.3. The lowest BCUT2D eigenvalue weighted by Gasteiger charge is -2.12. The number of hydrogen-bond donors (Lipinski definition) is 0. The number of methoxy groups -OCH3 is 1. The number of ether oxygens (including phenoxy) is 4. The second-order valence-electron chi connectivity index (χ2n) is 7.12. The second-order valence-corrected chi connectivity index (χ2v) is 8.04. The van der Waals surface area contributed by atoms with E-state index < -0.39 is 11.9 Å². The Kier molecular flexibility index (Phi) is 9.47. The van der Waals surface area contributed by atoms with Crippen LogP contribution >= 0.6 is 15.9 Å². The van der Waals surface area contributed by atoms with E-state index in [2.05, 4.69) is 15.9 Å². The molecule has 0 saturated heterocycles. The first-order valence-electron chi connectivity index (χ1n) is 10.5. The third kappa shape index (κ3) is 7.73. The normalized spacial score (nSPS) is 10.5. The highest BCUT2D eigenvalue weighted by molar-refractivity contribution is 9.10. The van der Waals surface area contributed by atoms with Crippen LogP contribution in [-0.4, -0.2) is 38.9 Å². The Morgan fingerprint density at radius 3 is 2.33 bits per heavy atom. The Hall–Kier alpha value is -3.16. The summed E-state index contributed by atoms with van der Waals surface area (Å²) < 4.78 is 22.1. The highest BCUT2D eigenvalue weighted by atomic mass is 79.9. The quantitative estimate of drug-likeness (QED) is 0.192. The Morgan fingerprint density at radius 1 is 0.848 bits per heavy atom. The van der Waals surface area contributed by atoms with Gasteiger partial charge in [0.25, 0.3) is 0 Å². The molecule has 0 radical (unpaired) electrons. The van der Waals surface area contributed by atoms with E-state index in [0.29, 0.717) is 36.9 Å². The number of rotatable bonds is 11. The first kappa shape index (κ1) is 24.5. The van der Waals surface area contributed by atoms with Crippen molar-refractivity contribution in [3.8, 4) is 11.5 Å². The summed E-state index contributed by atoms with van der Waals surface area (Å²) in [6, 6.07) is 21.4. The highest BCUT2D eigenvalue weighted by Gasteiger charge is 2.16. The molecule has 3 rings (SSSR count). The van der Waals surface area contributed by atoms with Crippen LogP contribution in [0.1, 0.15) is 32.7 Å². The minimum atomic E-state index is -0.569. The fraction of sp³-hybridized carbons (Fsp3) is 0.231. The molecule has 7 heteroatoms. The van der Waals surface area contributed by atoms with Gasteiger partial charge in [0.1, 0.15) is 23.7 Å². The molecule has 0 spiro atoms. The number of carbonyl (C=O) groups excluding carboxylic acids is 2. The molecule has 3 aromatic rings. The Balaban J connectivity index is 1.53. The topological polar surface area (TPSA) is 71.1 Å². The molecule has 0 aromatic heterocycles. The van der Waals surface area contributed by atoms with Gasteiger partial charge in [-0.1, -0.05) is 46.3 Å². The molecule has 0 bridgehead atoms. The molecule has 33 heavy (non-hydrogen) atoms. The van der Waals surface area contributed by atoms with Gasteiger partial charge in [0, 0.05) is 11.6 Å². The van der Waals surface area contributed by atoms with Gasteiger partial charge in [0.05, 0.1) is 18.8 Å². The summed E-state index contributed by atoms with van der Waals surface area (Å²) in [6.07, 6.45) is 1.59. The van der Waals surface area contributed by atoms with Crippen LogP contribution < -0.4 is 9.47 Å². The number of halogens is 1. The number of benzene rings is 3. The average Bonchev–Trinajstić information content (AvgIpc) is 2.84. The van der Waals surface area contributed by atoms with Crippen LogP contribution in [0.3, 0.4) is 0 Å². The summed E-state index contributed by atoms with van der Waals surface area (Å²) in [4.78, 5) is 24.9. The van der Waals surface area contributed by atoms with E-state index in [1.807, 2.05) is 30.3 Å². The molecule has 0 N–H and O–H groups in total. The fourth-order valence-corrected chi connectivity index (χ4v) is 3.37. The summed E-state index contributed by atoms with van der Waals surface area (Å²) in [6.45, 7) is 1.04. The first-order valence-corrected chi connectivity index (χ1v) is 11.3. The highest BCUT2D eigenvalue weighted by Crippen LogP contribution is 2.25. The maximum atomic E-state index is 12.7. The summed E-state index contributed by atoms with van der Waals surface area (Å²) in [5.74, 6) is -0.277. The summed E-state index contributed by atoms with van der Waals surface area (Å²) in [5, 5.41) is 0. The van der Waals surface area contributed by atoms with Crippen molar-refractivity contribution in [3.63, 3.8) is 0 Å². The van der Waals surface area contributed by atoms with Crippen molar-refractivity contribution in [2.24, 2.45) is 0 Å². The molecule has 0 aliphatic rings. The van der Waals surface area contributed by atoms with Crippen molar-refractivity contribution in [2.75, 3.05) is 26.9 Å². The Bertz CT molecular complexity index is 1050. The number of esters is 2. The summed E-state index contributed by atoms with van der Waals surface area (Å²) in [5.41, 5.74) is 1.88. The van der Waals surface area contributed by atoms with E-state index >= 15 is 0 Å². The molecule has 6 nitrogen and oxygen atoms in total. The molecule has 0 aliphatic heterocycles. The molecule has 0 unspecified atom stereocenters. The van der Waals surface area contributed by atoms with Crippen molar-refractivity contribution < 1.29 is 28.5 Å². The SMILES string of the molecule is COCCOc1ccc(Br)cc1C(=O)Oc1ccc(C(=O)OCCCc2ccccc2)cc1. The van der Waals surface area contributed by atoms with E-state index in [1.54, 1.807) is 49.6 Å². The molecule has 0 amide bonds. The molecule has 0 heterocycles. The maximum absolute atomic E-state index is 12.7. The van der Waals surface area contributed by atoms with Crippen LogP contribution in [0, 0.1) is 0 Å². The van der Waals surface area contributed by atoms with Gasteiger partial charge in [-0.05, 0) is 60.9 Å². The third-order valence-electron chi connectivity index (χ3n) is 4.69. The lowest BCUT2D eigenvalue weighted by molar-refractivity contribution is 0.0500. The molecule has 0 atom stereocenters. The van der Waals surface area contributed by atoms with E-state index in [4.69, 9.17) is 18.9 Å². The van der Waals surface area contributed by atoms with Crippen LogP contribution in [0.2, 0.25) is 0 Å². The molecular weight excluding hydrogens is 488 g/mol. The van der Waals surface area contributed by atoms with Crippen molar-refractivity contribution in [3.05, 3.63) is 94.0 Å². The molecular formula is C26H25BrO6. The predicted molar refractivity (Wildman–Crippen MR) is 128 cm³/mol. The number of hydrogen-bond acceptors (Lipinski definition) is 6. The van der Waals surface area contributed by atoms with Crippen LogP contribution in [0.5, 0.6) is 11.5 Å². The lowest BCUT2D eigenvalue weighted by Crippen LogP contribution is -2.13. The third-order valence-corrected chi connectivity index (χ3v) is 5.19. The van der Waals surface area contributed by atoms with Gasteiger partial charge in [-0.15, -0.1) is 0 Å². The van der Waals surface area contributed by atoms with Gasteiger partial charge in [-0.2, -0.15) is 0 Å². The van der Waals surface area contributed by atoms with E-state index in [1.165, 1.54) is 5.56 Å². The van der Waals surface area contributed by atoms with Crippen LogP contribution in [-0.2, 0) is 15.9 Å². The molecule has 0 aliphatic carbocycles. The van der Waals surface area contributed by atoms with Gasteiger partial charge in [-0.25, -0.2) is 9.59 Å². The zero-order chi connectivity index (χ0) is 23.5. The second kappa shape index (κ2) is 12.8. The molecule has 0 saturated carbocycles. The van der Waals surface area contributed by atoms with Crippen LogP contribution in [0.15, 0.2) is 77.3 Å². The summed E-state index contributed by atoms with van der Waals surface area (Å²) in [7, 11) is 1.57. The van der Waals surface area contributed by atoms with Gasteiger partial charge in [0.2, 0.25) is 0 Å². The van der Waals surface area contributed by atoms with Crippen LogP contribution in [0.25, 0.3) is 0 Å². The van der Waals surface area contributed by atoms with Crippen molar-refractivity contribution in [1.29, 1.82) is 0 Å². The zero-order valence-corrected chi connectivity index (χ0v) is 19.9. The molecule has 0 fully saturated rings. The van der Waals surface area contributed by atoms with Gasteiger partial charge >= 0.3 is 11.9 Å². The largest absolute Gasteiger partial charge is 0.490 e. The van der Waals surface area contributed by atoms with E-state index in [0.717, 1.165) is 17.3 Å².